The standard InChI is InChI=1S/C18H19FN4O4/c1-26-12-4-2-11(3-5-12)15-21-17(27-22-15)18(19)8-9-23(10-18)16(25)13-6-7-14(24)20-13/h2-5,13H,6-10H2,1H3,(H,20,24). The van der Waals surface area contributed by atoms with Gasteiger partial charge in [-0.25, -0.2) is 4.39 Å². The molecule has 9 heteroatoms. The molecule has 0 spiro atoms. The van der Waals surface area contributed by atoms with Crippen LogP contribution in [-0.4, -0.2) is 53.1 Å². The summed E-state index contributed by atoms with van der Waals surface area (Å²) < 4.78 is 25.6. The molecule has 142 valence electrons. The molecule has 0 aliphatic carbocycles. The molecule has 0 bridgehead atoms. The van der Waals surface area contributed by atoms with Crippen molar-refractivity contribution in [2.75, 3.05) is 20.2 Å². The van der Waals surface area contributed by atoms with E-state index in [2.05, 4.69) is 15.5 Å². The number of carbonyl (C=O) groups excluding carboxylic acids is 2. The number of ether oxygens (including phenoxy) is 1. The zero-order valence-corrected chi connectivity index (χ0v) is 14.8. The summed E-state index contributed by atoms with van der Waals surface area (Å²) in [4.78, 5) is 29.4. The van der Waals surface area contributed by atoms with Crippen molar-refractivity contribution < 1.29 is 23.2 Å². The van der Waals surface area contributed by atoms with Gasteiger partial charge >= 0.3 is 0 Å². The van der Waals surface area contributed by atoms with Gasteiger partial charge in [0.1, 0.15) is 11.8 Å². The van der Waals surface area contributed by atoms with Gasteiger partial charge in [0.05, 0.1) is 13.7 Å². The monoisotopic (exact) mass is 374 g/mol. The Morgan fingerprint density at radius 3 is 2.85 bits per heavy atom. The van der Waals surface area contributed by atoms with Crippen molar-refractivity contribution in [3.05, 3.63) is 30.2 Å². The lowest BCUT2D eigenvalue weighted by Crippen LogP contribution is -2.44. The molecule has 0 radical (unpaired) electrons. The number of nitrogens with zero attached hydrogens (tertiary/aromatic N) is 3. The van der Waals surface area contributed by atoms with E-state index in [0.717, 1.165) is 0 Å². The third-order valence-corrected chi connectivity index (χ3v) is 4.98. The highest BCUT2D eigenvalue weighted by molar-refractivity contribution is 5.91. The van der Waals surface area contributed by atoms with Crippen molar-refractivity contribution >= 4 is 11.8 Å². The van der Waals surface area contributed by atoms with E-state index < -0.39 is 11.7 Å². The summed E-state index contributed by atoms with van der Waals surface area (Å²) in [5.74, 6) is 0.403. The lowest BCUT2D eigenvalue weighted by Gasteiger charge is -2.21. The van der Waals surface area contributed by atoms with Crippen LogP contribution in [0.3, 0.4) is 0 Å². The number of carbonyl (C=O) groups is 2. The van der Waals surface area contributed by atoms with Crippen LogP contribution in [0.4, 0.5) is 4.39 Å². The fraction of sp³-hybridized carbons (Fsp3) is 0.444. The molecule has 2 saturated heterocycles. The van der Waals surface area contributed by atoms with Gasteiger partial charge < -0.3 is 19.5 Å². The van der Waals surface area contributed by atoms with E-state index in [-0.39, 0.29) is 43.0 Å². The van der Waals surface area contributed by atoms with E-state index in [0.29, 0.717) is 24.2 Å². The number of rotatable bonds is 4. The normalized spacial score (nSPS) is 24.9. The number of benzene rings is 1. The Labute approximate surface area is 154 Å². The second-order valence-electron chi connectivity index (χ2n) is 6.79. The summed E-state index contributed by atoms with van der Waals surface area (Å²) in [5, 5.41) is 6.48. The average molecular weight is 374 g/mol. The van der Waals surface area contributed by atoms with Crippen molar-refractivity contribution in [3.63, 3.8) is 0 Å². The Morgan fingerprint density at radius 1 is 1.41 bits per heavy atom. The third kappa shape index (κ3) is 3.24. The lowest BCUT2D eigenvalue weighted by atomic mass is 10.1. The van der Waals surface area contributed by atoms with Gasteiger partial charge in [-0.1, -0.05) is 5.16 Å². The molecule has 2 aliphatic rings. The molecule has 8 nitrogen and oxygen atoms in total. The summed E-state index contributed by atoms with van der Waals surface area (Å²) in [6, 6.07) is 6.44. The topological polar surface area (TPSA) is 97.6 Å². The fourth-order valence-electron chi connectivity index (χ4n) is 3.42. The molecule has 1 aromatic heterocycles. The number of methoxy groups -OCH3 is 1. The zero-order chi connectivity index (χ0) is 19.0. The van der Waals surface area contributed by atoms with Crippen molar-refractivity contribution in [2.45, 2.75) is 31.0 Å². The first-order valence-electron chi connectivity index (χ1n) is 8.74. The minimum absolute atomic E-state index is 0.0731. The van der Waals surface area contributed by atoms with Gasteiger partial charge in [-0.15, -0.1) is 0 Å². The van der Waals surface area contributed by atoms with Crippen LogP contribution in [-0.2, 0) is 15.3 Å². The minimum Gasteiger partial charge on any atom is -0.497 e. The van der Waals surface area contributed by atoms with Gasteiger partial charge in [0.2, 0.25) is 23.3 Å². The van der Waals surface area contributed by atoms with Crippen LogP contribution in [0, 0.1) is 0 Å². The van der Waals surface area contributed by atoms with E-state index in [1.807, 2.05) is 0 Å². The number of nitrogens with one attached hydrogen (secondary N) is 1. The average Bonchev–Trinajstić information content (AvgIpc) is 3.41. The van der Waals surface area contributed by atoms with Gasteiger partial charge in [-0.2, -0.15) is 4.98 Å². The Balaban J connectivity index is 1.48. The number of alkyl halides is 1. The van der Waals surface area contributed by atoms with Gasteiger partial charge in [0.25, 0.3) is 5.89 Å². The van der Waals surface area contributed by atoms with Crippen LogP contribution in [0.1, 0.15) is 25.2 Å². The van der Waals surface area contributed by atoms with Gasteiger partial charge in [0.15, 0.2) is 0 Å². The fourth-order valence-corrected chi connectivity index (χ4v) is 3.42. The largest absolute Gasteiger partial charge is 0.497 e. The molecular weight excluding hydrogens is 355 g/mol. The van der Waals surface area contributed by atoms with E-state index in [1.165, 1.54) is 4.90 Å². The molecule has 1 N–H and O–H groups in total. The summed E-state index contributed by atoms with van der Waals surface area (Å²) in [6.45, 7) is 0.0738. The second-order valence-corrected chi connectivity index (χ2v) is 6.79. The van der Waals surface area contributed by atoms with Gasteiger partial charge in [-0.05, 0) is 30.7 Å². The molecule has 3 heterocycles. The van der Waals surface area contributed by atoms with Crippen molar-refractivity contribution in [2.24, 2.45) is 0 Å². The maximum Gasteiger partial charge on any atom is 0.266 e. The van der Waals surface area contributed by atoms with Crippen LogP contribution in [0.15, 0.2) is 28.8 Å². The summed E-state index contributed by atoms with van der Waals surface area (Å²) in [7, 11) is 1.57. The number of amides is 2. The molecule has 4 rings (SSSR count). The molecule has 2 aliphatic heterocycles. The van der Waals surface area contributed by atoms with E-state index in [1.54, 1.807) is 31.4 Å². The first-order chi connectivity index (χ1) is 13.0. The molecule has 2 unspecified atom stereocenters. The van der Waals surface area contributed by atoms with E-state index in [9.17, 15) is 9.59 Å². The van der Waals surface area contributed by atoms with Crippen LogP contribution in [0.2, 0.25) is 0 Å². The van der Waals surface area contributed by atoms with Crippen molar-refractivity contribution in [1.82, 2.24) is 20.4 Å². The van der Waals surface area contributed by atoms with E-state index >= 15 is 4.39 Å². The van der Waals surface area contributed by atoms with Gasteiger partial charge in [-0.3, -0.25) is 9.59 Å². The second kappa shape index (κ2) is 6.64. The zero-order valence-electron chi connectivity index (χ0n) is 14.8. The molecule has 0 saturated carbocycles. The molecule has 2 atom stereocenters. The first kappa shape index (κ1) is 17.4. The minimum atomic E-state index is -1.89. The maximum atomic E-state index is 15.4. The Hall–Kier alpha value is -2.97. The molecular formula is C18H19FN4O4. The summed E-state index contributed by atoms with van der Waals surface area (Å²) in [6.07, 6.45) is 0.833. The number of halogens is 1. The van der Waals surface area contributed by atoms with Crippen LogP contribution in [0.5, 0.6) is 5.75 Å². The van der Waals surface area contributed by atoms with Crippen LogP contribution >= 0.6 is 0 Å². The Bertz CT molecular complexity index is 869. The molecule has 2 fully saturated rings. The maximum absolute atomic E-state index is 15.4. The summed E-state index contributed by atoms with van der Waals surface area (Å²) >= 11 is 0. The third-order valence-electron chi connectivity index (χ3n) is 4.98. The van der Waals surface area contributed by atoms with Crippen molar-refractivity contribution in [3.8, 4) is 17.1 Å². The predicted octanol–water partition coefficient (Wildman–Crippen LogP) is 1.42. The predicted molar refractivity (Wildman–Crippen MR) is 91.4 cm³/mol. The van der Waals surface area contributed by atoms with Crippen LogP contribution in [0.25, 0.3) is 11.4 Å². The quantitative estimate of drug-likeness (QED) is 0.869. The SMILES string of the molecule is COc1ccc(-c2noc(C3(F)CCN(C(=O)C4CCC(=O)N4)C3)n2)cc1. The smallest absolute Gasteiger partial charge is 0.266 e. The number of likely N-dealkylation sites (tertiary alicyclic amines) is 1. The molecule has 27 heavy (non-hydrogen) atoms. The van der Waals surface area contributed by atoms with Crippen LogP contribution < -0.4 is 10.1 Å². The highest BCUT2D eigenvalue weighted by Gasteiger charge is 2.48. The number of hydrogen-bond donors (Lipinski definition) is 1. The molecule has 2 aromatic rings. The van der Waals surface area contributed by atoms with E-state index in [4.69, 9.17) is 9.26 Å². The Kier molecular flexibility index (Phi) is 4.29. The van der Waals surface area contributed by atoms with Gasteiger partial charge in [0, 0.05) is 24.9 Å². The number of hydrogen-bond acceptors (Lipinski definition) is 6. The highest BCUT2D eigenvalue weighted by Crippen LogP contribution is 2.36. The summed E-state index contributed by atoms with van der Waals surface area (Å²) in [5.41, 5.74) is -1.22. The first-order valence-corrected chi connectivity index (χ1v) is 8.74. The lowest BCUT2D eigenvalue weighted by molar-refractivity contribution is -0.134. The Morgan fingerprint density at radius 2 is 2.19 bits per heavy atom. The van der Waals surface area contributed by atoms with Crippen molar-refractivity contribution in [1.29, 1.82) is 0 Å². The molecule has 2 amide bonds. The number of aromatic nitrogens is 2. The highest BCUT2D eigenvalue weighted by atomic mass is 19.1. The molecule has 1 aromatic carbocycles.